The average Bonchev–Trinajstić information content (AvgIpc) is 2.13. The lowest BCUT2D eigenvalue weighted by Crippen LogP contribution is -2.12. The minimum absolute atomic E-state index is 0.952. The van der Waals surface area contributed by atoms with Gasteiger partial charge in [-0.15, -0.1) is 0 Å². The maximum absolute atomic E-state index is 3.94. The van der Waals surface area contributed by atoms with E-state index in [-0.39, 0.29) is 0 Å². The zero-order chi connectivity index (χ0) is 10.3. The van der Waals surface area contributed by atoms with Gasteiger partial charge in [-0.25, -0.2) is 0 Å². The van der Waals surface area contributed by atoms with E-state index in [0.29, 0.717) is 0 Å². The first-order chi connectivity index (χ1) is 6.13. The Balaban J connectivity index is 4.25. The molecule has 72 valence electrons. The summed E-state index contributed by atoms with van der Waals surface area (Å²) in [5, 5.41) is 0. The Labute approximate surface area is 81.8 Å². The molecule has 0 saturated carbocycles. The van der Waals surface area contributed by atoms with E-state index >= 15 is 0 Å². The molecule has 0 atom stereocenters. The van der Waals surface area contributed by atoms with Crippen LogP contribution in [0.1, 0.15) is 20.3 Å². The van der Waals surface area contributed by atoms with Crippen molar-refractivity contribution in [3.8, 4) is 0 Å². The van der Waals surface area contributed by atoms with Gasteiger partial charge in [0, 0.05) is 18.4 Å². The molecule has 0 aliphatic rings. The van der Waals surface area contributed by atoms with Gasteiger partial charge in [0.1, 0.15) is 0 Å². The van der Waals surface area contributed by atoms with Crippen LogP contribution in [0, 0.1) is 0 Å². The highest BCUT2D eigenvalue weighted by atomic mass is 15.1. The van der Waals surface area contributed by atoms with Crippen molar-refractivity contribution in [2.45, 2.75) is 20.3 Å². The molecule has 0 rings (SSSR count). The standard InChI is InChI=1S/C12H19N/c1-6-8-10-12(4)13(5)11(3)9-7-2/h7-10H,3-4,6H2,1-2,5H3/b9-7-,10-8-. The molecule has 0 N–H and O–H groups in total. The Hall–Kier alpha value is -1.24. The molecule has 0 aromatic heterocycles. The second-order valence-electron chi connectivity index (χ2n) is 2.85. The van der Waals surface area contributed by atoms with Crippen LogP contribution in [0.5, 0.6) is 0 Å². The van der Waals surface area contributed by atoms with Crippen molar-refractivity contribution in [3.63, 3.8) is 0 Å². The normalized spacial score (nSPS) is 11.0. The lowest BCUT2D eigenvalue weighted by Gasteiger charge is -2.19. The van der Waals surface area contributed by atoms with E-state index < -0.39 is 0 Å². The maximum Gasteiger partial charge on any atom is 0.0331 e. The molecule has 0 spiro atoms. The van der Waals surface area contributed by atoms with Crippen LogP contribution in [-0.2, 0) is 0 Å². The third kappa shape index (κ3) is 4.36. The molecule has 0 aliphatic carbocycles. The molecule has 0 fully saturated rings. The monoisotopic (exact) mass is 177 g/mol. The summed E-state index contributed by atoms with van der Waals surface area (Å²) < 4.78 is 0. The molecule has 0 bridgehead atoms. The lowest BCUT2D eigenvalue weighted by atomic mass is 10.3. The van der Waals surface area contributed by atoms with Crippen LogP contribution in [0.15, 0.2) is 48.9 Å². The Bertz CT molecular complexity index is 234. The van der Waals surface area contributed by atoms with Gasteiger partial charge in [0.25, 0.3) is 0 Å². The van der Waals surface area contributed by atoms with E-state index in [2.05, 4.69) is 26.2 Å². The fourth-order valence-corrected chi connectivity index (χ4v) is 0.854. The van der Waals surface area contributed by atoms with Crippen LogP contribution in [0.25, 0.3) is 0 Å². The molecule has 1 heteroatoms. The van der Waals surface area contributed by atoms with Gasteiger partial charge in [0.05, 0.1) is 0 Å². The largest absolute Gasteiger partial charge is 0.346 e. The Morgan fingerprint density at radius 1 is 1.23 bits per heavy atom. The fraction of sp³-hybridized carbons (Fsp3) is 0.333. The smallest absolute Gasteiger partial charge is 0.0331 e. The summed E-state index contributed by atoms with van der Waals surface area (Å²) in [5.41, 5.74) is 1.92. The van der Waals surface area contributed by atoms with Crippen LogP contribution < -0.4 is 0 Å². The van der Waals surface area contributed by atoms with E-state index in [1.807, 2.05) is 37.1 Å². The summed E-state index contributed by atoms with van der Waals surface area (Å²) in [5.74, 6) is 0. The molecule has 0 aromatic carbocycles. The number of hydrogen-bond donors (Lipinski definition) is 0. The Morgan fingerprint density at radius 2 is 1.77 bits per heavy atom. The highest BCUT2D eigenvalue weighted by molar-refractivity contribution is 5.23. The number of hydrogen-bond acceptors (Lipinski definition) is 1. The first-order valence-electron chi connectivity index (χ1n) is 4.54. The number of nitrogens with zero attached hydrogens (tertiary/aromatic N) is 1. The maximum atomic E-state index is 3.94. The molecule has 1 nitrogen and oxygen atoms in total. The van der Waals surface area contributed by atoms with Crippen molar-refractivity contribution >= 4 is 0 Å². The van der Waals surface area contributed by atoms with Crippen LogP contribution in [0.2, 0.25) is 0 Å². The molecule has 13 heavy (non-hydrogen) atoms. The molecule has 0 aromatic rings. The third-order valence-electron chi connectivity index (χ3n) is 1.77. The highest BCUT2D eigenvalue weighted by Gasteiger charge is 1.98. The highest BCUT2D eigenvalue weighted by Crippen LogP contribution is 2.09. The topological polar surface area (TPSA) is 3.24 Å². The predicted molar refractivity (Wildman–Crippen MR) is 60.3 cm³/mol. The van der Waals surface area contributed by atoms with E-state index in [9.17, 15) is 0 Å². The summed E-state index contributed by atoms with van der Waals surface area (Å²) >= 11 is 0. The summed E-state index contributed by atoms with van der Waals surface area (Å²) in [6.07, 6.45) is 9.06. The van der Waals surface area contributed by atoms with E-state index in [1.165, 1.54) is 0 Å². The van der Waals surface area contributed by atoms with Gasteiger partial charge in [-0.2, -0.15) is 0 Å². The summed E-state index contributed by atoms with van der Waals surface area (Å²) in [4.78, 5) is 1.96. The summed E-state index contributed by atoms with van der Waals surface area (Å²) in [7, 11) is 1.96. The molecule has 0 aliphatic heterocycles. The minimum atomic E-state index is 0.952. The third-order valence-corrected chi connectivity index (χ3v) is 1.77. The predicted octanol–water partition coefficient (Wildman–Crippen LogP) is 3.49. The molecule has 0 saturated heterocycles. The first-order valence-corrected chi connectivity index (χ1v) is 4.54. The Morgan fingerprint density at radius 3 is 2.23 bits per heavy atom. The van der Waals surface area contributed by atoms with Crippen molar-refractivity contribution < 1.29 is 0 Å². The summed E-state index contributed by atoms with van der Waals surface area (Å²) in [6, 6.07) is 0. The minimum Gasteiger partial charge on any atom is -0.346 e. The van der Waals surface area contributed by atoms with Gasteiger partial charge in [-0.1, -0.05) is 32.2 Å². The van der Waals surface area contributed by atoms with Crippen molar-refractivity contribution in [2.75, 3.05) is 7.05 Å². The second-order valence-corrected chi connectivity index (χ2v) is 2.85. The number of allylic oxidation sites excluding steroid dienone is 4. The van der Waals surface area contributed by atoms with Crippen LogP contribution in [-0.4, -0.2) is 11.9 Å². The SMILES string of the molecule is C=C(/C=C\C)N(C)C(=C)/C=C\CC. The molecule has 0 radical (unpaired) electrons. The zero-order valence-electron chi connectivity index (χ0n) is 8.88. The van der Waals surface area contributed by atoms with Crippen molar-refractivity contribution in [3.05, 3.63) is 48.9 Å². The number of rotatable bonds is 5. The average molecular weight is 177 g/mol. The fourth-order valence-electron chi connectivity index (χ4n) is 0.854. The van der Waals surface area contributed by atoms with E-state index in [0.717, 1.165) is 17.8 Å². The summed E-state index contributed by atoms with van der Waals surface area (Å²) in [6.45, 7) is 11.9. The molecule has 0 heterocycles. The first kappa shape index (κ1) is 11.8. The van der Waals surface area contributed by atoms with Crippen molar-refractivity contribution in [1.29, 1.82) is 0 Å². The van der Waals surface area contributed by atoms with Gasteiger partial charge in [-0.05, 0) is 25.5 Å². The quantitative estimate of drug-likeness (QED) is 0.581. The van der Waals surface area contributed by atoms with Gasteiger partial charge in [0.2, 0.25) is 0 Å². The second kappa shape index (κ2) is 6.30. The molecular weight excluding hydrogens is 158 g/mol. The van der Waals surface area contributed by atoms with E-state index in [4.69, 9.17) is 0 Å². The Kier molecular flexibility index (Phi) is 5.69. The number of likely N-dealkylation sites (N-methyl/N-ethyl adjacent to an activating group) is 1. The molecule has 0 unspecified atom stereocenters. The lowest BCUT2D eigenvalue weighted by molar-refractivity contribution is 0.558. The van der Waals surface area contributed by atoms with Gasteiger partial charge in [0.15, 0.2) is 0 Å². The van der Waals surface area contributed by atoms with Gasteiger partial charge < -0.3 is 4.90 Å². The van der Waals surface area contributed by atoms with Gasteiger partial charge in [-0.3, -0.25) is 0 Å². The molecule has 0 amide bonds. The van der Waals surface area contributed by atoms with Crippen LogP contribution >= 0.6 is 0 Å². The van der Waals surface area contributed by atoms with Crippen LogP contribution in [0.3, 0.4) is 0 Å². The van der Waals surface area contributed by atoms with Crippen molar-refractivity contribution in [1.82, 2.24) is 4.90 Å². The molecular formula is C12H19N. The van der Waals surface area contributed by atoms with E-state index in [1.54, 1.807) is 0 Å². The zero-order valence-corrected chi connectivity index (χ0v) is 8.88. The van der Waals surface area contributed by atoms with Crippen molar-refractivity contribution in [2.24, 2.45) is 0 Å². The van der Waals surface area contributed by atoms with Crippen LogP contribution in [0.4, 0.5) is 0 Å². The van der Waals surface area contributed by atoms with Gasteiger partial charge >= 0.3 is 0 Å².